The molecule has 3 heteroatoms. The summed E-state index contributed by atoms with van der Waals surface area (Å²) in [5.74, 6) is -0.622. The summed E-state index contributed by atoms with van der Waals surface area (Å²) in [4.78, 5) is 3.86. The molecule has 1 heterocycles. The van der Waals surface area contributed by atoms with Gasteiger partial charge < -0.3 is 0 Å². The molecule has 1 rings (SSSR count). The maximum atomic E-state index is 13.0. The van der Waals surface area contributed by atoms with E-state index in [1.165, 1.54) is 12.1 Å². The standard InChI is InChI=1S/C12H9FN2/c1-3-5-9(4-2)11-7-6-10(13)12(8-14)15-11/h3-7H,1-2H2/b9-5+. The van der Waals surface area contributed by atoms with Crippen LogP contribution < -0.4 is 0 Å². The van der Waals surface area contributed by atoms with E-state index in [2.05, 4.69) is 18.1 Å². The minimum absolute atomic E-state index is 0.218. The highest BCUT2D eigenvalue weighted by Crippen LogP contribution is 2.15. The van der Waals surface area contributed by atoms with Gasteiger partial charge in [-0.2, -0.15) is 5.26 Å². The zero-order valence-electron chi connectivity index (χ0n) is 8.07. The normalized spacial score (nSPS) is 10.5. The lowest BCUT2D eigenvalue weighted by molar-refractivity contribution is 0.616. The number of allylic oxidation sites excluding steroid dienone is 4. The van der Waals surface area contributed by atoms with Crippen molar-refractivity contribution >= 4 is 5.57 Å². The molecule has 1 aromatic rings. The fraction of sp³-hybridized carbons (Fsp3) is 0. The van der Waals surface area contributed by atoms with Crippen molar-refractivity contribution in [2.45, 2.75) is 0 Å². The predicted octanol–water partition coefficient (Wildman–Crippen LogP) is 2.85. The van der Waals surface area contributed by atoms with Crippen LogP contribution in [0.3, 0.4) is 0 Å². The summed E-state index contributed by atoms with van der Waals surface area (Å²) in [6.45, 7) is 7.14. The second kappa shape index (κ2) is 4.87. The molecule has 0 aromatic carbocycles. The molecule has 0 bridgehead atoms. The van der Waals surface area contributed by atoms with Crippen molar-refractivity contribution in [3.8, 4) is 6.07 Å². The van der Waals surface area contributed by atoms with Gasteiger partial charge in [0.05, 0.1) is 5.69 Å². The second-order valence-electron chi connectivity index (χ2n) is 2.70. The second-order valence-corrected chi connectivity index (χ2v) is 2.70. The number of hydrogen-bond acceptors (Lipinski definition) is 2. The van der Waals surface area contributed by atoms with Gasteiger partial charge in [-0.1, -0.05) is 31.4 Å². The number of pyridine rings is 1. The van der Waals surface area contributed by atoms with E-state index >= 15 is 0 Å². The Bertz CT molecular complexity index is 467. The Morgan fingerprint density at radius 1 is 1.47 bits per heavy atom. The average Bonchev–Trinajstić information content (AvgIpc) is 2.27. The summed E-state index contributed by atoms with van der Waals surface area (Å²) < 4.78 is 13.0. The lowest BCUT2D eigenvalue weighted by atomic mass is 10.1. The predicted molar refractivity (Wildman–Crippen MR) is 57.3 cm³/mol. The van der Waals surface area contributed by atoms with Crippen molar-refractivity contribution in [1.82, 2.24) is 4.98 Å². The highest BCUT2D eigenvalue weighted by Gasteiger charge is 2.05. The monoisotopic (exact) mass is 200 g/mol. The molecular formula is C12H9FN2. The zero-order valence-corrected chi connectivity index (χ0v) is 8.07. The number of nitriles is 1. The minimum Gasteiger partial charge on any atom is -0.234 e. The van der Waals surface area contributed by atoms with Gasteiger partial charge in [0.1, 0.15) is 6.07 Å². The van der Waals surface area contributed by atoms with E-state index in [1.54, 1.807) is 24.3 Å². The van der Waals surface area contributed by atoms with Crippen molar-refractivity contribution in [1.29, 1.82) is 5.26 Å². The van der Waals surface area contributed by atoms with Crippen LogP contribution in [0.25, 0.3) is 5.57 Å². The molecule has 0 atom stereocenters. The molecule has 0 radical (unpaired) electrons. The first-order valence-corrected chi connectivity index (χ1v) is 4.25. The van der Waals surface area contributed by atoms with Gasteiger partial charge >= 0.3 is 0 Å². The molecule has 1 aromatic heterocycles. The summed E-state index contributed by atoms with van der Waals surface area (Å²) >= 11 is 0. The number of aromatic nitrogens is 1. The number of hydrogen-bond donors (Lipinski definition) is 0. The molecule has 0 unspecified atom stereocenters. The van der Waals surface area contributed by atoms with Gasteiger partial charge in [0, 0.05) is 0 Å². The van der Waals surface area contributed by atoms with Crippen LogP contribution in [-0.4, -0.2) is 4.98 Å². The van der Waals surface area contributed by atoms with Gasteiger partial charge in [-0.15, -0.1) is 0 Å². The average molecular weight is 200 g/mol. The van der Waals surface area contributed by atoms with Crippen molar-refractivity contribution < 1.29 is 4.39 Å². The van der Waals surface area contributed by atoms with Crippen LogP contribution in [0.5, 0.6) is 0 Å². The van der Waals surface area contributed by atoms with Gasteiger partial charge in [-0.05, 0) is 17.7 Å². The first-order valence-electron chi connectivity index (χ1n) is 4.25. The number of halogens is 1. The van der Waals surface area contributed by atoms with E-state index in [0.29, 0.717) is 11.3 Å². The van der Waals surface area contributed by atoms with Gasteiger partial charge in [-0.25, -0.2) is 9.37 Å². The van der Waals surface area contributed by atoms with Crippen LogP contribution in [0.1, 0.15) is 11.4 Å². The fourth-order valence-corrected chi connectivity index (χ4v) is 1.07. The van der Waals surface area contributed by atoms with E-state index in [0.717, 1.165) is 0 Å². The molecule has 0 amide bonds. The molecule has 0 N–H and O–H groups in total. The molecule has 0 spiro atoms. The molecular weight excluding hydrogens is 191 g/mol. The van der Waals surface area contributed by atoms with Gasteiger partial charge in [-0.3, -0.25) is 0 Å². The third-order valence-electron chi connectivity index (χ3n) is 1.76. The first kappa shape index (κ1) is 10.9. The maximum Gasteiger partial charge on any atom is 0.176 e. The lowest BCUT2D eigenvalue weighted by Gasteiger charge is -2.01. The van der Waals surface area contributed by atoms with E-state index < -0.39 is 5.82 Å². The number of rotatable bonds is 3. The van der Waals surface area contributed by atoms with E-state index in [1.807, 2.05) is 0 Å². The van der Waals surface area contributed by atoms with Crippen molar-refractivity contribution in [2.24, 2.45) is 0 Å². The molecule has 0 aliphatic heterocycles. The Kier molecular flexibility index (Phi) is 3.53. The Hall–Kier alpha value is -2.21. The topological polar surface area (TPSA) is 36.7 Å². The van der Waals surface area contributed by atoms with Crippen molar-refractivity contribution in [3.05, 3.63) is 60.7 Å². The Balaban J connectivity index is 3.28. The third-order valence-corrected chi connectivity index (χ3v) is 1.76. The van der Waals surface area contributed by atoms with Crippen LogP contribution in [-0.2, 0) is 0 Å². The molecule has 15 heavy (non-hydrogen) atoms. The molecule has 0 saturated carbocycles. The smallest absolute Gasteiger partial charge is 0.176 e. The van der Waals surface area contributed by atoms with Crippen molar-refractivity contribution in [2.75, 3.05) is 0 Å². The Morgan fingerprint density at radius 3 is 2.73 bits per heavy atom. The summed E-state index contributed by atoms with van der Waals surface area (Å²) in [6, 6.07) is 4.39. The summed E-state index contributed by atoms with van der Waals surface area (Å²) in [5, 5.41) is 8.61. The van der Waals surface area contributed by atoms with E-state index in [-0.39, 0.29) is 5.69 Å². The highest BCUT2D eigenvalue weighted by molar-refractivity contribution is 5.72. The van der Waals surface area contributed by atoms with Crippen molar-refractivity contribution in [3.63, 3.8) is 0 Å². The molecule has 74 valence electrons. The fourth-order valence-electron chi connectivity index (χ4n) is 1.07. The molecule has 2 nitrogen and oxygen atoms in total. The third kappa shape index (κ3) is 2.38. The lowest BCUT2D eigenvalue weighted by Crippen LogP contribution is -1.94. The van der Waals surface area contributed by atoms with Crippen LogP contribution >= 0.6 is 0 Å². The summed E-state index contributed by atoms with van der Waals surface area (Å²) in [7, 11) is 0. The SMILES string of the molecule is C=C/C=C(\C=C)c1ccc(F)c(C#N)n1. The Morgan fingerprint density at radius 2 is 2.20 bits per heavy atom. The maximum absolute atomic E-state index is 13.0. The van der Waals surface area contributed by atoms with E-state index in [4.69, 9.17) is 5.26 Å². The zero-order chi connectivity index (χ0) is 11.3. The first-order chi connectivity index (χ1) is 7.22. The quantitative estimate of drug-likeness (QED) is 0.703. The molecule has 0 aliphatic rings. The molecule has 0 saturated heterocycles. The van der Waals surface area contributed by atoms with Crippen LogP contribution in [0, 0.1) is 17.1 Å². The Labute approximate surface area is 87.7 Å². The summed E-state index contributed by atoms with van der Waals surface area (Å²) in [6.07, 6.45) is 4.84. The summed E-state index contributed by atoms with van der Waals surface area (Å²) in [5.41, 5.74) is 0.980. The van der Waals surface area contributed by atoms with Gasteiger partial charge in [0.25, 0.3) is 0 Å². The van der Waals surface area contributed by atoms with Crippen LogP contribution in [0.4, 0.5) is 4.39 Å². The number of nitrogens with zero attached hydrogens (tertiary/aromatic N) is 2. The molecule has 0 aliphatic carbocycles. The molecule has 0 fully saturated rings. The minimum atomic E-state index is -0.622. The van der Waals surface area contributed by atoms with Crippen LogP contribution in [0.15, 0.2) is 43.5 Å². The van der Waals surface area contributed by atoms with Gasteiger partial charge in [0.2, 0.25) is 0 Å². The van der Waals surface area contributed by atoms with E-state index in [9.17, 15) is 4.39 Å². The highest BCUT2D eigenvalue weighted by atomic mass is 19.1. The largest absolute Gasteiger partial charge is 0.234 e. The van der Waals surface area contributed by atoms with Crippen LogP contribution in [0.2, 0.25) is 0 Å². The van der Waals surface area contributed by atoms with Gasteiger partial charge in [0.15, 0.2) is 11.5 Å².